The molecule has 3 aromatic rings. The van der Waals surface area contributed by atoms with Gasteiger partial charge in [-0.05, 0) is 83.3 Å². The van der Waals surface area contributed by atoms with Gasteiger partial charge in [-0.1, -0.05) is 17.7 Å². The van der Waals surface area contributed by atoms with E-state index in [4.69, 9.17) is 23.2 Å². The Morgan fingerprint density at radius 1 is 0.771 bits per heavy atom. The first-order valence-corrected chi connectivity index (χ1v) is 16.0. The third-order valence-corrected chi connectivity index (χ3v) is 11.7. The molecule has 4 aliphatic rings. The molecule has 7 rings (SSSR count). The number of hydrogen-bond donors (Lipinski definition) is 1. The zero-order chi connectivity index (χ0) is 34.8. The van der Waals surface area contributed by atoms with E-state index in [1.54, 1.807) is 24.3 Å². The van der Waals surface area contributed by atoms with Crippen molar-refractivity contribution in [2.24, 2.45) is 17.8 Å². The summed E-state index contributed by atoms with van der Waals surface area (Å²) in [6.07, 6.45) is 0.714. The highest BCUT2D eigenvalue weighted by atomic mass is 127. The number of allylic oxidation sites excluding steroid dienone is 2. The van der Waals surface area contributed by atoms with Gasteiger partial charge in [-0.3, -0.25) is 24.1 Å². The molecular formula is C32H17Cl2F6IN2O5. The molecule has 2 aliphatic carbocycles. The SMILES string of the molecule is O=C1C2CC=C3C(CC4(Cl)C(=O)N(c5c(F)c(F)c(F)c(F)c5F)C(=O)C4(Cl)C3c3ccc(O)c(F)c3)C2C(=O)N1c1ccc(I)cc1. The lowest BCUT2D eigenvalue weighted by Gasteiger charge is -2.50. The van der Waals surface area contributed by atoms with E-state index in [0.717, 1.165) is 26.7 Å². The lowest BCUT2D eigenvalue weighted by molar-refractivity contribution is -0.125. The third-order valence-electron chi connectivity index (χ3n) is 9.61. The number of halogens is 9. The maximum absolute atomic E-state index is 15.1. The van der Waals surface area contributed by atoms with Crippen molar-refractivity contribution in [1.82, 2.24) is 0 Å². The Kier molecular flexibility index (Phi) is 7.50. The van der Waals surface area contributed by atoms with Crippen LogP contribution in [0.4, 0.5) is 37.7 Å². The molecule has 48 heavy (non-hydrogen) atoms. The molecule has 1 saturated carbocycles. The minimum Gasteiger partial charge on any atom is -0.505 e. The van der Waals surface area contributed by atoms with Crippen LogP contribution in [-0.2, 0) is 19.2 Å². The molecule has 0 spiro atoms. The molecule has 0 bridgehead atoms. The zero-order valence-electron chi connectivity index (χ0n) is 23.7. The van der Waals surface area contributed by atoms with Gasteiger partial charge in [-0.25, -0.2) is 31.2 Å². The molecule has 2 heterocycles. The predicted octanol–water partition coefficient (Wildman–Crippen LogP) is 6.60. The molecule has 7 nitrogen and oxygen atoms in total. The summed E-state index contributed by atoms with van der Waals surface area (Å²) in [5.41, 5.74) is -1.69. The minimum atomic E-state index is -2.80. The Morgan fingerprint density at radius 3 is 1.98 bits per heavy atom. The molecule has 0 radical (unpaired) electrons. The van der Waals surface area contributed by atoms with Gasteiger partial charge in [0, 0.05) is 9.49 Å². The number of imide groups is 2. The predicted molar refractivity (Wildman–Crippen MR) is 166 cm³/mol. The number of nitrogens with zero attached hydrogens (tertiary/aromatic N) is 2. The molecule has 4 amide bonds. The molecule has 16 heteroatoms. The summed E-state index contributed by atoms with van der Waals surface area (Å²) in [5, 5.41) is 9.89. The Labute approximate surface area is 290 Å². The number of alkyl halides is 2. The largest absolute Gasteiger partial charge is 0.505 e. The van der Waals surface area contributed by atoms with Crippen LogP contribution in [0.2, 0.25) is 0 Å². The topological polar surface area (TPSA) is 95.0 Å². The molecule has 0 aromatic heterocycles. The lowest BCUT2D eigenvalue weighted by atomic mass is 9.56. The molecule has 2 aliphatic heterocycles. The Bertz CT molecular complexity index is 2020. The summed E-state index contributed by atoms with van der Waals surface area (Å²) in [6.45, 7) is 0. The normalized spacial score (nSPS) is 29.6. The summed E-state index contributed by atoms with van der Waals surface area (Å²) in [5.74, 6) is -24.1. The van der Waals surface area contributed by atoms with Gasteiger partial charge in [0.05, 0.1) is 17.5 Å². The summed E-state index contributed by atoms with van der Waals surface area (Å²) in [6, 6.07) is 9.27. The summed E-state index contributed by atoms with van der Waals surface area (Å²) < 4.78 is 88.5. The van der Waals surface area contributed by atoms with Crippen molar-refractivity contribution in [3.8, 4) is 5.75 Å². The number of phenolic OH excluding ortho intramolecular Hbond substituents is 1. The van der Waals surface area contributed by atoms with Crippen LogP contribution < -0.4 is 9.80 Å². The van der Waals surface area contributed by atoms with Crippen LogP contribution in [0, 0.1) is 56.2 Å². The monoisotopic (exact) mass is 820 g/mol. The van der Waals surface area contributed by atoms with Gasteiger partial charge in [0.1, 0.15) is 5.69 Å². The van der Waals surface area contributed by atoms with E-state index in [1.165, 1.54) is 6.08 Å². The second kappa shape index (κ2) is 10.9. The van der Waals surface area contributed by atoms with Crippen molar-refractivity contribution in [3.63, 3.8) is 0 Å². The second-order valence-electron chi connectivity index (χ2n) is 11.9. The van der Waals surface area contributed by atoms with Crippen LogP contribution in [0.1, 0.15) is 24.3 Å². The lowest BCUT2D eigenvalue weighted by Crippen LogP contribution is -2.60. The fourth-order valence-electron chi connectivity index (χ4n) is 7.49. The van der Waals surface area contributed by atoms with Gasteiger partial charge in [-0.2, -0.15) is 0 Å². The number of aromatic hydroxyl groups is 1. The van der Waals surface area contributed by atoms with E-state index < -0.39 is 110 Å². The first-order chi connectivity index (χ1) is 22.6. The van der Waals surface area contributed by atoms with Crippen molar-refractivity contribution in [2.75, 3.05) is 9.80 Å². The number of benzene rings is 3. The smallest absolute Gasteiger partial charge is 0.258 e. The van der Waals surface area contributed by atoms with Gasteiger partial charge < -0.3 is 5.11 Å². The number of anilines is 2. The highest BCUT2D eigenvalue weighted by Crippen LogP contribution is 2.66. The molecule has 6 unspecified atom stereocenters. The fourth-order valence-corrected chi connectivity index (χ4v) is 8.78. The van der Waals surface area contributed by atoms with Gasteiger partial charge >= 0.3 is 0 Å². The van der Waals surface area contributed by atoms with Crippen molar-refractivity contribution in [1.29, 1.82) is 0 Å². The summed E-state index contributed by atoms with van der Waals surface area (Å²) >= 11 is 16.0. The first-order valence-electron chi connectivity index (χ1n) is 14.2. The number of hydrogen-bond acceptors (Lipinski definition) is 5. The van der Waals surface area contributed by atoms with Gasteiger partial charge in [0.25, 0.3) is 11.8 Å². The van der Waals surface area contributed by atoms with Gasteiger partial charge in [-0.15, -0.1) is 23.2 Å². The van der Waals surface area contributed by atoms with E-state index in [0.29, 0.717) is 0 Å². The van der Waals surface area contributed by atoms with Crippen LogP contribution in [0.3, 0.4) is 0 Å². The average Bonchev–Trinajstić information content (AvgIpc) is 3.39. The first kappa shape index (κ1) is 32.9. The summed E-state index contributed by atoms with van der Waals surface area (Å²) in [7, 11) is 0. The second-order valence-corrected chi connectivity index (χ2v) is 14.4. The van der Waals surface area contributed by atoms with Crippen LogP contribution in [0.15, 0.2) is 54.1 Å². The molecule has 248 valence electrons. The number of fused-ring (bicyclic) bond motifs is 4. The van der Waals surface area contributed by atoms with Crippen molar-refractivity contribution in [3.05, 3.63) is 98.2 Å². The number of phenols is 1. The van der Waals surface area contributed by atoms with Crippen molar-refractivity contribution >= 4 is 80.8 Å². The zero-order valence-corrected chi connectivity index (χ0v) is 27.4. The Hall–Kier alpha value is -3.63. The van der Waals surface area contributed by atoms with Crippen LogP contribution in [0.5, 0.6) is 5.75 Å². The third kappa shape index (κ3) is 4.14. The maximum Gasteiger partial charge on any atom is 0.258 e. The average molecular weight is 821 g/mol. The van der Waals surface area contributed by atoms with Crippen molar-refractivity contribution in [2.45, 2.75) is 28.5 Å². The van der Waals surface area contributed by atoms with Crippen LogP contribution in [0.25, 0.3) is 0 Å². The minimum absolute atomic E-state index is 0.0786. The Morgan fingerprint density at radius 2 is 1.38 bits per heavy atom. The van der Waals surface area contributed by atoms with Gasteiger partial charge in [0.2, 0.25) is 17.6 Å². The van der Waals surface area contributed by atoms with Gasteiger partial charge in [0.15, 0.2) is 44.6 Å². The molecule has 3 fully saturated rings. The van der Waals surface area contributed by atoms with Crippen molar-refractivity contribution < 1.29 is 50.6 Å². The van der Waals surface area contributed by atoms with E-state index >= 15 is 8.78 Å². The molecular weight excluding hydrogens is 804 g/mol. The van der Waals surface area contributed by atoms with E-state index in [1.807, 2.05) is 22.6 Å². The quantitative estimate of drug-likeness (QED) is 0.0612. The highest BCUT2D eigenvalue weighted by molar-refractivity contribution is 14.1. The van der Waals surface area contributed by atoms with Crippen LogP contribution in [-0.4, -0.2) is 38.5 Å². The standard InChI is InChI=1S/C32H17Cl2F6IN2O5/c33-31-10-16-14(6-7-15-19(16)28(46)42(27(15)45)13-4-2-12(41)3-5-13)20(11-1-8-18(44)17(35)9-11)32(31,34)30(48)43(29(31)47)26-24(39)22(37)21(36)23(38)25(26)40/h1-6,8-9,15-16,19-20,44H,7,10H2. The maximum atomic E-state index is 15.1. The fraction of sp³-hybridized carbons (Fsp3) is 0.250. The van der Waals surface area contributed by atoms with E-state index in [2.05, 4.69) is 0 Å². The highest BCUT2D eigenvalue weighted by Gasteiger charge is 2.77. The molecule has 3 aromatic carbocycles. The number of rotatable bonds is 3. The molecule has 6 atom stereocenters. The van der Waals surface area contributed by atoms with E-state index in [-0.39, 0.29) is 28.1 Å². The molecule has 1 N–H and O–H groups in total. The number of carbonyl (C=O) groups excluding carboxylic acids is 4. The number of amides is 4. The van der Waals surface area contributed by atoms with Crippen LogP contribution >= 0.6 is 45.8 Å². The molecule has 2 saturated heterocycles. The van der Waals surface area contributed by atoms with E-state index in [9.17, 15) is 41.8 Å². The summed E-state index contributed by atoms with van der Waals surface area (Å²) in [4.78, 5) is 51.2. The number of carbonyl (C=O) groups is 4. The Balaban J connectivity index is 1.43.